The number of hydrogen-bond donors (Lipinski definition) is 2. The topological polar surface area (TPSA) is 40.5 Å². The highest BCUT2D eigenvalue weighted by Crippen LogP contribution is 2.38. The van der Waals surface area contributed by atoms with Crippen LogP contribution in [0.3, 0.4) is 0 Å². The molecule has 2 rings (SSSR count). The van der Waals surface area contributed by atoms with Crippen molar-refractivity contribution in [3.8, 4) is 0 Å². The predicted molar refractivity (Wildman–Crippen MR) is 55.9 cm³/mol. The van der Waals surface area contributed by atoms with Crippen molar-refractivity contribution >= 4 is 0 Å². The molecule has 0 radical (unpaired) electrons. The van der Waals surface area contributed by atoms with E-state index in [0.29, 0.717) is 11.8 Å². The van der Waals surface area contributed by atoms with Gasteiger partial charge in [0.05, 0.1) is 12.2 Å². The molecule has 2 aliphatic rings. The molecule has 14 heavy (non-hydrogen) atoms. The maximum atomic E-state index is 9.94. The first-order valence-corrected chi connectivity index (χ1v) is 6.15. The molecule has 0 aromatic rings. The lowest BCUT2D eigenvalue weighted by Crippen LogP contribution is -2.41. The molecular formula is C12H22O2. The molecule has 3 atom stereocenters. The fourth-order valence-corrected chi connectivity index (χ4v) is 3.27. The SMILES string of the molecule is OC1CCCC(C2CCCCC2)C1O. The Labute approximate surface area is 86.3 Å². The molecule has 82 valence electrons. The van der Waals surface area contributed by atoms with Gasteiger partial charge in [0.25, 0.3) is 0 Å². The van der Waals surface area contributed by atoms with Crippen LogP contribution >= 0.6 is 0 Å². The van der Waals surface area contributed by atoms with E-state index >= 15 is 0 Å². The van der Waals surface area contributed by atoms with Crippen LogP contribution in [0.5, 0.6) is 0 Å². The van der Waals surface area contributed by atoms with Crippen molar-refractivity contribution < 1.29 is 10.2 Å². The molecule has 0 spiro atoms. The zero-order valence-electron chi connectivity index (χ0n) is 8.86. The molecule has 2 saturated carbocycles. The van der Waals surface area contributed by atoms with Crippen LogP contribution in [0.25, 0.3) is 0 Å². The molecule has 2 nitrogen and oxygen atoms in total. The first-order valence-electron chi connectivity index (χ1n) is 6.15. The van der Waals surface area contributed by atoms with E-state index in [0.717, 1.165) is 19.3 Å². The van der Waals surface area contributed by atoms with Gasteiger partial charge in [-0.25, -0.2) is 0 Å². The van der Waals surface area contributed by atoms with Gasteiger partial charge >= 0.3 is 0 Å². The maximum Gasteiger partial charge on any atom is 0.0829 e. The molecule has 2 aliphatic carbocycles. The Bertz CT molecular complexity index is 175. The van der Waals surface area contributed by atoms with Crippen molar-refractivity contribution in [3.05, 3.63) is 0 Å². The Morgan fingerprint density at radius 2 is 1.43 bits per heavy atom. The third kappa shape index (κ3) is 2.12. The van der Waals surface area contributed by atoms with Crippen molar-refractivity contribution in [2.45, 2.75) is 63.6 Å². The molecule has 0 aromatic heterocycles. The highest BCUT2D eigenvalue weighted by molar-refractivity contribution is 4.86. The highest BCUT2D eigenvalue weighted by Gasteiger charge is 2.35. The third-order valence-corrected chi connectivity index (χ3v) is 4.13. The summed E-state index contributed by atoms with van der Waals surface area (Å²) in [5.74, 6) is 1.08. The van der Waals surface area contributed by atoms with Gasteiger partial charge in [-0.2, -0.15) is 0 Å². The average molecular weight is 198 g/mol. The summed E-state index contributed by atoms with van der Waals surface area (Å²) in [5, 5.41) is 19.6. The number of hydrogen-bond acceptors (Lipinski definition) is 2. The van der Waals surface area contributed by atoms with Crippen LogP contribution < -0.4 is 0 Å². The van der Waals surface area contributed by atoms with E-state index < -0.39 is 12.2 Å². The quantitative estimate of drug-likeness (QED) is 0.677. The van der Waals surface area contributed by atoms with Gasteiger partial charge in [0.2, 0.25) is 0 Å². The second kappa shape index (κ2) is 4.63. The van der Waals surface area contributed by atoms with Crippen molar-refractivity contribution in [2.75, 3.05) is 0 Å². The van der Waals surface area contributed by atoms with Gasteiger partial charge in [-0.3, -0.25) is 0 Å². The monoisotopic (exact) mass is 198 g/mol. The first kappa shape index (κ1) is 10.4. The Morgan fingerprint density at radius 1 is 0.714 bits per heavy atom. The molecule has 2 N–H and O–H groups in total. The van der Waals surface area contributed by atoms with Gasteiger partial charge < -0.3 is 10.2 Å². The summed E-state index contributed by atoms with van der Waals surface area (Å²) >= 11 is 0. The van der Waals surface area contributed by atoms with E-state index in [1.54, 1.807) is 0 Å². The van der Waals surface area contributed by atoms with Crippen LogP contribution in [0.2, 0.25) is 0 Å². The van der Waals surface area contributed by atoms with Crippen LogP contribution in [0, 0.1) is 11.8 Å². The molecule has 0 saturated heterocycles. The summed E-state index contributed by atoms with van der Waals surface area (Å²) in [7, 11) is 0. The minimum Gasteiger partial charge on any atom is -0.390 e. The van der Waals surface area contributed by atoms with E-state index in [4.69, 9.17) is 0 Å². The maximum absolute atomic E-state index is 9.94. The molecule has 0 aliphatic heterocycles. The van der Waals surface area contributed by atoms with Gasteiger partial charge in [0, 0.05) is 0 Å². The van der Waals surface area contributed by atoms with E-state index in [1.807, 2.05) is 0 Å². The van der Waals surface area contributed by atoms with Crippen LogP contribution in [0.1, 0.15) is 51.4 Å². The van der Waals surface area contributed by atoms with E-state index in [1.165, 1.54) is 32.1 Å². The summed E-state index contributed by atoms with van der Waals surface area (Å²) in [5.41, 5.74) is 0. The normalized spacial score (nSPS) is 41.1. The first-order chi connectivity index (χ1) is 6.79. The molecule has 0 heterocycles. The minimum atomic E-state index is -0.448. The van der Waals surface area contributed by atoms with E-state index in [9.17, 15) is 10.2 Å². The summed E-state index contributed by atoms with van der Waals surface area (Å²) in [6, 6.07) is 0. The second-order valence-electron chi connectivity index (χ2n) is 5.05. The van der Waals surface area contributed by atoms with Crippen molar-refractivity contribution in [2.24, 2.45) is 11.8 Å². The summed E-state index contributed by atoms with van der Waals surface area (Å²) < 4.78 is 0. The lowest BCUT2D eigenvalue weighted by atomic mass is 9.71. The molecule has 2 fully saturated rings. The van der Waals surface area contributed by atoms with Gasteiger partial charge in [-0.1, -0.05) is 38.5 Å². The van der Waals surface area contributed by atoms with Gasteiger partial charge in [0.15, 0.2) is 0 Å². The second-order valence-corrected chi connectivity index (χ2v) is 5.05. The summed E-state index contributed by atoms with van der Waals surface area (Å²) in [6.45, 7) is 0. The molecule has 0 amide bonds. The number of aliphatic hydroxyl groups is 2. The van der Waals surface area contributed by atoms with Crippen molar-refractivity contribution in [1.82, 2.24) is 0 Å². The Hall–Kier alpha value is -0.0800. The Morgan fingerprint density at radius 3 is 2.14 bits per heavy atom. The lowest BCUT2D eigenvalue weighted by molar-refractivity contribution is -0.0662. The standard InChI is InChI=1S/C12H22O2/c13-11-8-4-7-10(12(11)14)9-5-2-1-3-6-9/h9-14H,1-8H2. The zero-order chi connectivity index (χ0) is 9.97. The van der Waals surface area contributed by atoms with Crippen LogP contribution in [0.4, 0.5) is 0 Å². The summed E-state index contributed by atoms with van der Waals surface area (Å²) in [4.78, 5) is 0. The summed E-state index contributed by atoms with van der Waals surface area (Å²) in [6.07, 6.45) is 8.69. The van der Waals surface area contributed by atoms with Crippen molar-refractivity contribution in [1.29, 1.82) is 0 Å². The van der Waals surface area contributed by atoms with E-state index in [2.05, 4.69) is 0 Å². The Balaban J connectivity index is 1.93. The van der Waals surface area contributed by atoms with Gasteiger partial charge in [-0.05, 0) is 24.7 Å². The third-order valence-electron chi connectivity index (χ3n) is 4.13. The fourth-order valence-electron chi connectivity index (χ4n) is 3.27. The fraction of sp³-hybridized carbons (Fsp3) is 1.00. The number of aliphatic hydroxyl groups excluding tert-OH is 2. The van der Waals surface area contributed by atoms with Crippen molar-refractivity contribution in [3.63, 3.8) is 0 Å². The lowest BCUT2D eigenvalue weighted by Gasteiger charge is -2.38. The zero-order valence-corrected chi connectivity index (χ0v) is 8.86. The number of rotatable bonds is 1. The smallest absolute Gasteiger partial charge is 0.0829 e. The van der Waals surface area contributed by atoms with E-state index in [-0.39, 0.29) is 0 Å². The molecule has 0 aromatic carbocycles. The minimum absolute atomic E-state index is 0.388. The molecule has 0 bridgehead atoms. The largest absolute Gasteiger partial charge is 0.390 e. The van der Waals surface area contributed by atoms with Crippen LogP contribution in [0.15, 0.2) is 0 Å². The Kier molecular flexibility index (Phi) is 3.45. The predicted octanol–water partition coefficient (Wildman–Crippen LogP) is 2.09. The van der Waals surface area contributed by atoms with Crippen LogP contribution in [-0.2, 0) is 0 Å². The van der Waals surface area contributed by atoms with Gasteiger partial charge in [0.1, 0.15) is 0 Å². The molecule has 3 unspecified atom stereocenters. The molecule has 2 heteroatoms. The molecular weight excluding hydrogens is 176 g/mol. The average Bonchev–Trinajstić information content (AvgIpc) is 2.23. The van der Waals surface area contributed by atoms with Gasteiger partial charge in [-0.15, -0.1) is 0 Å². The highest BCUT2D eigenvalue weighted by atomic mass is 16.3. The van der Waals surface area contributed by atoms with Crippen LogP contribution in [-0.4, -0.2) is 22.4 Å².